The number of halogens is 2. The minimum atomic E-state index is -0.0247. The van der Waals surface area contributed by atoms with Gasteiger partial charge in [0.2, 0.25) is 0 Å². The second kappa shape index (κ2) is 14.3. The number of benzene rings is 1. The Morgan fingerprint density at radius 3 is 2.64 bits per heavy atom. The molecule has 8 heteroatoms. The molecule has 1 fully saturated rings. The van der Waals surface area contributed by atoms with Crippen LogP contribution < -0.4 is 10.1 Å². The molecule has 0 saturated carbocycles. The average molecular weight is 526 g/mol. The first kappa shape index (κ1) is 25.3. The Morgan fingerprint density at radius 1 is 1.29 bits per heavy atom. The number of hydrogen-bond acceptors (Lipinski definition) is 4. The maximum atomic E-state index is 6.15. The van der Waals surface area contributed by atoms with Crippen molar-refractivity contribution < 1.29 is 14.2 Å². The molecule has 160 valence electrons. The summed E-state index contributed by atoms with van der Waals surface area (Å²) in [4.78, 5) is 6.69. The summed E-state index contributed by atoms with van der Waals surface area (Å²) in [6, 6.07) is 7.52. The van der Waals surface area contributed by atoms with Crippen LogP contribution in [0.3, 0.4) is 0 Å². The summed E-state index contributed by atoms with van der Waals surface area (Å²) < 4.78 is 16.9. The van der Waals surface area contributed by atoms with E-state index >= 15 is 0 Å². The van der Waals surface area contributed by atoms with Gasteiger partial charge >= 0.3 is 0 Å². The molecule has 0 aliphatic carbocycles. The van der Waals surface area contributed by atoms with Gasteiger partial charge in [-0.15, -0.1) is 24.0 Å². The topological polar surface area (TPSA) is 55.3 Å². The molecule has 1 aliphatic rings. The third-order valence-corrected chi connectivity index (χ3v) is 4.82. The second-order valence-electron chi connectivity index (χ2n) is 6.69. The lowest BCUT2D eigenvalue weighted by Crippen LogP contribution is -2.48. The van der Waals surface area contributed by atoms with E-state index < -0.39 is 0 Å². The highest BCUT2D eigenvalue weighted by Crippen LogP contribution is 2.24. The van der Waals surface area contributed by atoms with Crippen LogP contribution in [0, 0.1) is 0 Å². The molecule has 28 heavy (non-hydrogen) atoms. The van der Waals surface area contributed by atoms with Crippen molar-refractivity contribution in [3.8, 4) is 5.75 Å². The lowest BCUT2D eigenvalue weighted by atomic mass is 10.1. The van der Waals surface area contributed by atoms with Gasteiger partial charge in [0.15, 0.2) is 5.96 Å². The van der Waals surface area contributed by atoms with Crippen LogP contribution in [0.1, 0.15) is 26.2 Å². The van der Waals surface area contributed by atoms with Crippen LogP contribution in [-0.4, -0.2) is 70.1 Å². The minimum absolute atomic E-state index is 0. The van der Waals surface area contributed by atoms with E-state index in [1.54, 1.807) is 7.11 Å². The molecule has 2 rings (SSSR count). The molecule has 6 nitrogen and oxygen atoms in total. The predicted molar refractivity (Wildman–Crippen MR) is 125 cm³/mol. The second-order valence-corrected chi connectivity index (χ2v) is 7.10. The van der Waals surface area contributed by atoms with Crippen molar-refractivity contribution in [1.82, 2.24) is 10.2 Å². The smallest absolute Gasteiger partial charge is 0.193 e. The lowest BCUT2D eigenvalue weighted by molar-refractivity contribution is 0.00984. The van der Waals surface area contributed by atoms with Crippen molar-refractivity contribution in [2.24, 2.45) is 4.99 Å². The molecule has 1 aliphatic heterocycles. The number of para-hydroxylation sites is 1. The van der Waals surface area contributed by atoms with Crippen molar-refractivity contribution >= 4 is 41.5 Å². The molecule has 1 heterocycles. The number of nitrogens with zero attached hydrogens (tertiary/aromatic N) is 2. The number of guanidine groups is 1. The lowest BCUT2D eigenvalue weighted by Gasteiger charge is -2.34. The summed E-state index contributed by atoms with van der Waals surface area (Å²) >= 11 is 6.15. The molecule has 1 atom stereocenters. The van der Waals surface area contributed by atoms with Crippen LogP contribution >= 0.6 is 35.6 Å². The number of nitrogens with one attached hydrogen (secondary N) is 1. The van der Waals surface area contributed by atoms with Crippen molar-refractivity contribution in [3.63, 3.8) is 0 Å². The monoisotopic (exact) mass is 525 g/mol. The first-order chi connectivity index (χ1) is 13.1. The zero-order valence-corrected chi connectivity index (χ0v) is 20.1. The number of likely N-dealkylation sites (tertiary alicyclic amines) is 1. The Kier molecular flexibility index (Phi) is 12.9. The number of ether oxygens (including phenoxy) is 3. The zero-order chi connectivity index (χ0) is 19.5. The standard InChI is InChI=1S/C20H32ClN3O3.HI/c1-16(27-19-8-5-4-7-18(19)21)15-23-20(22-2)24-11-9-17(10-12-24)26-14-6-13-25-3;/h4-5,7-8,16-17H,6,9-15H2,1-3H3,(H,22,23);1H. The summed E-state index contributed by atoms with van der Waals surface area (Å²) in [5.74, 6) is 1.61. The van der Waals surface area contributed by atoms with E-state index in [1.807, 2.05) is 38.2 Å². The molecule has 1 unspecified atom stereocenters. The molecule has 0 bridgehead atoms. The van der Waals surface area contributed by atoms with Gasteiger partial charge in [-0.3, -0.25) is 4.99 Å². The Hall–Kier alpha value is -0.770. The van der Waals surface area contributed by atoms with Crippen LogP contribution in [0.4, 0.5) is 0 Å². The Morgan fingerprint density at radius 2 is 2.00 bits per heavy atom. The normalized spacial score (nSPS) is 16.4. The van der Waals surface area contributed by atoms with Gasteiger partial charge in [-0.05, 0) is 38.3 Å². The van der Waals surface area contributed by atoms with Gasteiger partial charge in [-0.25, -0.2) is 0 Å². The first-order valence-electron chi connectivity index (χ1n) is 9.61. The Labute approximate surface area is 191 Å². The number of methoxy groups -OCH3 is 1. The third-order valence-electron chi connectivity index (χ3n) is 4.51. The fourth-order valence-corrected chi connectivity index (χ4v) is 3.23. The SMILES string of the molecule is CN=C(NCC(C)Oc1ccccc1Cl)N1CCC(OCCCOC)CC1.I. The number of aliphatic imine (C=N–C) groups is 1. The zero-order valence-electron chi connectivity index (χ0n) is 17.0. The number of piperidine rings is 1. The molecule has 1 N–H and O–H groups in total. The summed E-state index contributed by atoms with van der Waals surface area (Å²) in [6.45, 7) is 6.07. The van der Waals surface area contributed by atoms with Crippen molar-refractivity contribution in [3.05, 3.63) is 29.3 Å². The quantitative estimate of drug-likeness (QED) is 0.230. The molecule has 0 radical (unpaired) electrons. The highest BCUT2D eigenvalue weighted by atomic mass is 127. The van der Waals surface area contributed by atoms with E-state index in [2.05, 4.69) is 15.2 Å². The van der Waals surface area contributed by atoms with Crippen LogP contribution in [-0.2, 0) is 9.47 Å². The van der Waals surface area contributed by atoms with E-state index in [-0.39, 0.29) is 30.1 Å². The van der Waals surface area contributed by atoms with Gasteiger partial charge in [0.05, 0.1) is 17.7 Å². The fraction of sp³-hybridized carbons (Fsp3) is 0.650. The van der Waals surface area contributed by atoms with Gasteiger partial charge in [-0.1, -0.05) is 23.7 Å². The maximum absolute atomic E-state index is 6.15. The minimum Gasteiger partial charge on any atom is -0.487 e. The van der Waals surface area contributed by atoms with Gasteiger partial charge in [0.1, 0.15) is 11.9 Å². The molecule has 0 amide bonds. The molecular formula is C20H33ClIN3O3. The number of rotatable bonds is 9. The van der Waals surface area contributed by atoms with Gasteiger partial charge in [0.25, 0.3) is 0 Å². The van der Waals surface area contributed by atoms with Gasteiger partial charge in [-0.2, -0.15) is 0 Å². The van der Waals surface area contributed by atoms with E-state index in [0.29, 0.717) is 23.4 Å². The highest BCUT2D eigenvalue weighted by Gasteiger charge is 2.22. The van der Waals surface area contributed by atoms with Gasteiger partial charge < -0.3 is 24.4 Å². The number of hydrogen-bond donors (Lipinski definition) is 1. The largest absolute Gasteiger partial charge is 0.487 e. The predicted octanol–water partition coefficient (Wildman–Crippen LogP) is 3.82. The first-order valence-corrected chi connectivity index (χ1v) is 9.99. The van der Waals surface area contributed by atoms with Gasteiger partial charge in [0, 0.05) is 40.5 Å². The van der Waals surface area contributed by atoms with Crippen LogP contribution in [0.5, 0.6) is 5.75 Å². The Balaban J connectivity index is 0.00000392. The summed E-state index contributed by atoms with van der Waals surface area (Å²) in [5, 5.41) is 4.03. The van der Waals surface area contributed by atoms with Crippen molar-refractivity contribution in [2.75, 3.05) is 47.0 Å². The fourth-order valence-electron chi connectivity index (χ4n) is 3.05. The maximum Gasteiger partial charge on any atom is 0.193 e. The van der Waals surface area contributed by atoms with Crippen molar-refractivity contribution in [2.45, 2.75) is 38.4 Å². The van der Waals surface area contributed by atoms with E-state index in [0.717, 1.165) is 51.5 Å². The molecule has 1 aromatic carbocycles. The molecule has 0 spiro atoms. The molecular weight excluding hydrogens is 493 g/mol. The summed E-state index contributed by atoms with van der Waals surface area (Å²) in [5.41, 5.74) is 0. The average Bonchev–Trinajstić information content (AvgIpc) is 2.68. The van der Waals surface area contributed by atoms with Crippen LogP contribution in [0.2, 0.25) is 5.02 Å². The van der Waals surface area contributed by atoms with E-state index in [9.17, 15) is 0 Å². The van der Waals surface area contributed by atoms with E-state index in [4.69, 9.17) is 25.8 Å². The molecule has 1 aromatic rings. The molecule has 0 aromatic heterocycles. The van der Waals surface area contributed by atoms with Crippen LogP contribution in [0.15, 0.2) is 29.3 Å². The van der Waals surface area contributed by atoms with Crippen molar-refractivity contribution in [1.29, 1.82) is 0 Å². The summed E-state index contributed by atoms with van der Waals surface area (Å²) in [7, 11) is 3.53. The molecule has 1 saturated heterocycles. The summed E-state index contributed by atoms with van der Waals surface area (Å²) in [6.07, 6.45) is 3.28. The van der Waals surface area contributed by atoms with E-state index in [1.165, 1.54) is 0 Å². The third kappa shape index (κ3) is 8.71. The highest BCUT2D eigenvalue weighted by molar-refractivity contribution is 14.0. The van der Waals surface area contributed by atoms with Crippen LogP contribution in [0.25, 0.3) is 0 Å². The Bertz CT molecular complexity index is 584.